The van der Waals surface area contributed by atoms with Gasteiger partial charge >= 0.3 is 0 Å². The first-order chi connectivity index (χ1) is 8.77. The molecule has 2 aromatic rings. The third kappa shape index (κ3) is 1.83. The molecule has 1 unspecified atom stereocenters. The molecule has 1 atom stereocenters. The van der Waals surface area contributed by atoms with Crippen LogP contribution in [0.2, 0.25) is 0 Å². The molecule has 18 heavy (non-hydrogen) atoms. The summed E-state index contributed by atoms with van der Waals surface area (Å²) in [5.74, 6) is 0.122. The molecule has 2 aromatic carbocycles. The molecule has 0 heterocycles. The molecule has 0 spiro atoms. The van der Waals surface area contributed by atoms with Gasteiger partial charge in [-0.25, -0.2) is 0 Å². The van der Waals surface area contributed by atoms with Crippen molar-refractivity contribution in [2.45, 2.75) is 4.83 Å². The number of ketones is 1. The van der Waals surface area contributed by atoms with Gasteiger partial charge in [-0.2, -0.15) is 0 Å². The van der Waals surface area contributed by atoms with Crippen LogP contribution in [-0.4, -0.2) is 5.78 Å². The standard InChI is InChI=1S/C16H11BrO/c17-15-12-8-4-5-9-13(12)16(18)14(15)10-11-6-2-1-3-7-11/h1-10,15H/b14-10+. The maximum atomic E-state index is 12.3. The van der Waals surface area contributed by atoms with Crippen LogP contribution in [0.3, 0.4) is 0 Å². The molecule has 88 valence electrons. The number of carbonyl (C=O) groups excluding carboxylic acids is 1. The highest BCUT2D eigenvalue weighted by molar-refractivity contribution is 9.09. The van der Waals surface area contributed by atoms with Crippen LogP contribution < -0.4 is 0 Å². The fraction of sp³-hybridized carbons (Fsp3) is 0.0625. The molecular formula is C16H11BrO. The molecule has 0 amide bonds. The van der Waals surface area contributed by atoms with Gasteiger partial charge in [0.05, 0.1) is 4.83 Å². The number of carbonyl (C=O) groups is 1. The molecule has 3 rings (SSSR count). The summed E-state index contributed by atoms with van der Waals surface area (Å²) < 4.78 is 0. The zero-order valence-electron chi connectivity index (χ0n) is 9.64. The second kappa shape index (κ2) is 4.54. The van der Waals surface area contributed by atoms with Crippen molar-refractivity contribution in [3.8, 4) is 0 Å². The van der Waals surface area contributed by atoms with Gasteiger partial charge in [0, 0.05) is 11.1 Å². The number of fused-ring (bicyclic) bond motifs is 1. The van der Waals surface area contributed by atoms with Crippen molar-refractivity contribution < 1.29 is 4.79 Å². The van der Waals surface area contributed by atoms with Crippen LogP contribution in [0.15, 0.2) is 60.2 Å². The maximum Gasteiger partial charge on any atom is 0.190 e. The lowest BCUT2D eigenvalue weighted by Crippen LogP contribution is -1.95. The van der Waals surface area contributed by atoms with E-state index in [4.69, 9.17) is 0 Å². The topological polar surface area (TPSA) is 17.1 Å². The molecule has 0 fully saturated rings. The van der Waals surface area contributed by atoms with Crippen LogP contribution in [-0.2, 0) is 0 Å². The van der Waals surface area contributed by atoms with E-state index < -0.39 is 0 Å². The average molecular weight is 299 g/mol. The van der Waals surface area contributed by atoms with E-state index >= 15 is 0 Å². The van der Waals surface area contributed by atoms with Gasteiger partial charge in [-0.15, -0.1) is 0 Å². The van der Waals surface area contributed by atoms with Crippen LogP contribution in [0.1, 0.15) is 26.3 Å². The molecule has 0 aliphatic heterocycles. The van der Waals surface area contributed by atoms with E-state index in [1.165, 1.54) is 0 Å². The Morgan fingerprint density at radius 2 is 1.61 bits per heavy atom. The Morgan fingerprint density at radius 3 is 2.33 bits per heavy atom. The molecule has 0 aromatic heterocycles. The van der Waals surface area contributed by atoms with Crippen LogP contribution >= 0.6 is 15.9 Å². The summed E-state index contributed by atoms with van der Waals surface area (Å²) in [6, 6.07) is 17.7. The van der Waals surface area contributed by atoms with Gasteiger partial charge in [-0.1, -0.05) is 70.5 Å². The predicted molar refractivity (Wildman–Crippen MR) is 76.9 cm³/mol. The van der Waals surface area contributed by atoms with Crippen molar-refractivity contribution in [3.05, 3.63) is 76.9 Å². The second-order valence-corrected chi connectivity index (χ2v) is 5.20. The van der Waals surface area contributed by atoms with Crippen molar-refractivity contribution >= 4 is 27.8 Å². The Morgan fingerprint density at radius 1 is 0.944 bits per heavy atom. The van der Waals surface area contributed by atoms with Crippen molar-refractivity contribution in [1.29, 1.82) is 0 Å². The Bertz CT molecular complexity index is 629. The molecule has 0 bridgehead atoms. The Kier molecular flexibility index (Phi) is 2.88. The third-order valence-electron chi connectivity index (χ3n) is 3.14. The summed E-state index contributed by atoms with van der Waals surface area (Å²) in [6.45, 7) is 0. The average Bonchev–Trinajstić information content (AvgIpc) is 2.66. The van der Waals surface area contributed by atoms with Crippen LogP contribution in [0.4, 0.5) is 0 Å². The van der Waals surface area contributed by atoms with Crippen LogP contribution in [0, 0.1) is 0 Å². The zero-order chi connectivity index (χ0) is 12.5. The first-order valence-electron chi connectivity index (χ1n) is 5.82. The van der Waals surface area contributed by atoms with Gasteiger partial charge in [0.2, 0.25) is 0 Å². The van der Waals surface area contributed by atoms with Gasteiger partial charge in [0.15, 0.2) is 5.78 Å². The highest BCUT2D eigenvalue weighted by atomic mass is 79.9. The lowest BCUT2D eigenvalue weighted by molar-refractivity contribution is 0.104. The summed E-state index contributed by atoms with van der Waals surface area (Å²) in [7, 11) is 0. The number of rotatable bonds is 1. The van der Waals surface area contributed by atoms with E-state index in [1.807, 2.05) is 60.7 Å². The lowest BCUT2D eigenvalue weighted by Gasteiger charge is -2.03. The summed E-state index contributed by atoms with van der Waals surface area (Å²) in [6.07, 6.45) is 1.96. The highest BCUT2D eigenvalue weighted by Gasteiger charge is 2.32. The van der Waals surface area contributed by atoms with Gasteiger partial charge in [0.1, 0.15) is 0 Å². The van der Waals surface area contributed by atoms with E-state index in [9.17, 15) is 4.79 Å². The summed E-state index contributed by atoms with van der Waals surface area (Å²) >= 11 is 3.61. The Balaban J connectivity index is 2.07. The van der Waals surface area contributed by atoms with Gasteiger partial charge in [-0.3, -0.25) is 4.79 Å². The summed E-state index contributed by atoms with van der Waals surface area (Å²) in [4.78, 5) is 12.3. The molecule has 0 saturated carbocycles. The van der Waals surface area contributed by atoms with Gasteiger partial charge in [0.25, 0.3) is 0 Å². The highest BCUT2D eigenvalue weighted by Crippen LogP contribution is 2.42. The van der Waals surface area contributed by atoms with Crippen LogP contribution in [0.25, 0.3) is 6.08 Å². The van der Waals surface area contributed by atoms with Crippen molar-refractivity contribution in [1.82, 2.24) is 0 Å². The first kappa shape index (κ1) is 11.4. The number of alkyl halides is 1. The normalized spacial score (nSPS) is 20.2. The van der Waals surface area contributed by atoms with E-state index in [1.54, 1.807) is 0 Å². The van der Waals surface area contributed by atoms with Crippen LogP contribution in [0.5, 0.6) is 0 Å². The summed E-state index contributed by atoms with van der Waals surface area (Å²) in [5, 5.41) is 0. The lowest BCUT2D eigenvalue weighted by atomic mass is 10.1. The third-order valence-corrected chi connectivity index (χ3v) is 4.12. The summed E-state index contributed by atoms with van der Waals surface area (Å²) in [5.41, 5.74) is 3.73. The first-order valence-corrected chi connectivity index (χ1v) is 6.73. The minimum absolute atomic E-state index is 0.00130. The fourth-order valence-electron chi connectivity index (χ4n) is 2.23. The molecular weight excluding hydrogens is 288 g/mol. The minimum Gasteiger partial charge on any atom is -0.289 e. The molecule has 1 aliphatic rings. The number of hydrogen-bond donors (Lipinski definition) is 0. The fourth-order valence-corrected chi connectivity index (χ4v) is 2.97. The molecule has 1 aliphatic carbocycles. The van der Waals surface area contributed by atoms with Crippen molar-refractivity contribution in [2.75, 3.05) is 0 Å². The number of Topliss-reactive ketones (excluding diaryl/α,β-unsaturated/α-hetero) is 1. The zero-order valence-corrected chi connectivity index (χ0v) is 11.2. The quantitative estimate of drug-likeness (QED) is 0.563. The second-order valence-electron chi connectivity index (χ2n) is 4.29. The molecule has 0 saturated heterocycles. The SMILES string of the molecule is O=C1/C(=C/c2ccccc2)C(Br)c2ccccc21. The van der Waals surface area contributed by atoms with E-state index in [0.29, 0.717) is 0 Å². The van der Waals surface area contributed by atoms with Gasteiger partial charge < -0.3 is 0 Å². The molecule has 1 nitrogen and oxygen atoms in total. The molecule has 0 N–H and O–H groups in total. The number of allylic oxidation sites excluding steroid dienone is 1. The Labute approximate surface area is 114 Å². The predicted octanol–water partition coefficient (Wildman–Crippen LogP) is 4.40. The molecule has 0 radical (unpaired) electrons. The van der Waals surface area contributed by atoms with Crippen molar-refractivity contribution in [2.24, 2.45) is 0 Å². The smallest absolute Gasteiger partial charge is 0.190 e. The van der Waals surface area contributed by atoms with E-state index in [-0.39, 0.29) is 10.6 Å². The number of halogens is 1. The maximum absolute atomic E-state index is 12.3. The van der Waals surface area contributed by atoms with E-state index in [0.717, 1.165) is 22.3 Å². The van der Waals surface area contributed by atoms with Crippen molar-refractivity contribution in [3.63, 3.8) is 0 Å². The minimum atomic E-state index is 0.00130. The Hall–Kier alpha value is -1.67. The number of hydrogen-bond acceptors (Lipinski definition) is 1. The molecule has 2 heteroatoms. The largest absolute Gasteiger partial charge is 0.289 e. The van der Waals surface area contributed by atoms with Gasteiger partial charge in [-0.05, 0) is 17.2 Å². The van der Waals surface area contributed by atoms with E-state index in [2.05, 4.69) is 15.9 Å². The number of benzene rings is 2. The monoisotopic (exact) mass is 298 g/mol.